The van der Waals surface area contributed by atoms with Gasteiger partial charge in [0, 0.05) is 17.3 Å². The minimum atomic E-state index is -0.231. The lowest BCUT2D eigenvalue weighted by Crippen LogP contribution is -2.36. The number of benzene rings is 4. The maximum atomic E-state index is 4.00. The Kier molecular flexibility index (Phi) is 7.37. The quantitative estimate of drug-likeness (QED) is 0.254. The van der Waals surface area contributed by atoms with E-state index >= 15 is 0 Å². The molecular weight excluding hydrogens is 520 g/mol. The smallest absolute Gasteiger partial charge is 0.0574 e. The lowest BCUT2D eigenvalue weighted by atomic mass is 9.61. The Bertz CT molecular complexity index is 1730. The van der Waals surface area contributed by atoms with E-state index in [1.807, 2.05) is 0 Å². The number of para-hydroxylation sites is 1. The van der Waals surface area contributed by atoms with Gasteiger partial charge in [0.05, 0.1) is 11.5 Å². The zero-order valence-corrected chi connectivity index (χ0v) is 25.0. The first kappa shape index (κ1) is 27.3. The Morgan fingerprint density at radius 1 is 0.884 bits per heavy atom. The molecule has 2 nitrogen and oxygen atoms in total. The van der Waals surface area contributed by atoms with Crippen LogP contribution < -0.4 is 10.6 Å². The molecule has 1 aliphatic heterocycles. The highest BCUT2D eigenvalue weighted by Gasteiger charge is 2.52. The molecule has 214 valence electrons. The normalized spacial score (nSPS) is 25.6. The summed E-state index contributed by atoms with van der Waals surface area (Å²) < 4.78 is 0. The van der Waals surface area contributed by atoms with E-state index in [4.69, 9.17) is 0 Å². The molecule has 2 N–H and O–H groups in total. The fourth-order valence-electron chi connectivity index (χ4n) is 7.94. The van der Waals surface area contributed by atoms with Crippen LogP contribution in [0.2, 0.25) is 0 Å². The van der Waals surface area contributed by atoms with Gasteiger partial charge in [-0.15, -0.1) is 0 Å². The van der Waals surface area contributed by atoms with Crippen molar-refractivity contribution in [3.8, 4) is 0 Å². The molecule has 0 radical (unpaired) electrons. The molecule has 43 heavy (non-hydrogen) atoms. The molecule has 0 saturated heterocycles. The number of hydrogen-bond donors (Lipinski definition) is 2. The molecular formula is C41H40N2. The van der Waals surface area contributed by atoms with Crippen molar-refractivity contribution in [3.05, 3.63) is 174 Å². The number of hydrogen-bond acceptors (Lipinski definition) is 2. The lowest BCUT2D eigenvalue weighted by Gasteiger charge is -2.41. The number of nitrogens with one attached hydrogen (secondary N) is 2. The summed E-state index contributed by atoms with van der Waals surface area (Å²) in [6.07, 6.45) is 15.9. The number of allylic oxidation sites excluding steroid dienone is 5. The molecule has 4 unspecified atom stereocenters. The third-order valence-electron chi connectivity index (χ3n) is 9.75. The van der Waals surface area contributed by atoms with E-state index in [9.17, 15) is 0 Å². The minimum absolute atomic E-state index is 0.103. The molecule has 3 aliphatic rings. The van der Waals surface area contributed by atoms with Crippen molar-refractivity contribution in [2.45, 2.75) is 44.1 Å². The first-order valence-corrected chi connectivity index (χ1v) is 15.8. The summed E-state index contributed by atoms with van der Waals surface area (Å²) >= 11 is 0. The van der Waals surface area contributed by atoms with Gasteiger partial charge in [0.25, 0.3) is 0 Å². The van der Waals surface area contributed by atoms with Crippen LogP contribution in [0.15, 0.2) is 146 Å². The molecule has 1 heterocycles. The van der Waals surface area contributed by atoms with E-state index in [2.05, 4.69) is 152 Å². The molecule has 7 rings (SSSR count). The van der Waals surface area contributed by atoms with Crippen LogP contribution in [-0.2, 0) is 11.8 Å². The average Bonchev–Trinajstić information content (AvgIpc) is 3.33. The molecule has 0 spiro atoms. The fourth-order valence-corrected chi connectivity index (χ4v) is 7.94. The highest BCUT2D eigenvalue weighted by molar-refractivity contribution is 5.83. The van der Waals surface area contributed by atoms with E-state index in [0.717, 1.165) is 31.4 Å². The molecule has 0 bridgehead atoms. The summed E-state index contributed by atoms with van der Waals surface area (Å²) in [5.74, 6) is 0.544. The maximum absolute atomic E-state index is 4.00. The average molecular weight is 561 g/mol. The third-order valence-corrected chi connectivity index (χ3v) is 9.75. The predicted molar refractivity (Wildman–Crippen MR) is 182 cm³/mol. The molecule has 4 aromatic rings. The maximum Gasteiger partial charge on any atom is 0.0574 e. The SMILES string of the molecule is C=CNc1cccc(C2Nc3ccccc3CCC3/C(=C\C2C)c2ccccc2C3(C2=CCCC=C2)c2ccccc2)c1. The van der Waals surface area contributed by atoms with Crippen LogP contribution in [0.4, 0.5) is 11.4 Å². The number of aryl methyl sites for hydroxylation is 1. The van der Waals surface area contributed by atoms with Gasteiger partial charge in [-0.1, -0.05) is 123 Å². The summed E-state index contributed by atoms with van der Waals surface area (Å²) in [6, 6.07) is 38.3. The zero-order valence-electron chi connectivity index (χ0n) is 25.0. The standard InChI is InChI=1S/C41H40N2/c1-3-42-34-21-14-16-31(28-34)40-29(2)27-36-35-22-11-12-23-37(35)41(32-17-6-4-7-18-32,33-19-8-5-9-20-33)38(36)26-25-30-15-10-13-24-39(30)43-40/h3-4,6-8,10-24,27-29,38,40,42-43H,1,5,9,25-26H2,2H3/b36-27-. The minimum Gasteiger partial charge on any atom is -0.377 e. The Balaban J connectivity index is 1.47. The van der Waals surface area contributed by atoms with Gasteiger partial charge in [-0.05, 0) is 95.0 Å². The van der Waals surface area contributed by atoms with Gasteiger partial charge in [-0.3, -0.25) is 0 Å². The first-order valence-electron chi connectivity index (χ1n) is 15.8. The second kappa shape index (κ2) is 11.6. The van der Waals surface area contributed by atoms with Crippen molar-refractivity contribution in [2.24, 2.45) is 11.8 Å². The molecule has 0 fully saturated rings. The van der Waals surface area contributed by atoms with Crippen LogP contribution in [0.5, 0.6) is 0 Å². The molecule has 4 atom stereocenters. The Morgan fingerprint density at radius 2 is 1.70 bits per heavy atom. The number of anilines is 2. The molecule has 0 saturated carbocycles. The first-order chi connectivity index (χ1) is 21.2. The Labute approximate surface area is 256 Å². The van der Waals surface area contributed by atoms with E-state index in [0.29, 0.717) is 5.92 Å². The van der Waals surface area contributed by atoms with Gasteiger partial charge < -0.3 is 10.6 Å². The van der Waals surface area contributed by atoms with Crippen LogP contribution in [-0.4, -0.2) is 0 Å². The van der Waals surface area contributed by atoms with E-state index in [1.165, 1.54) is 44.7 Å². The van der Waals surface area contributed by atoms with Crippen molar-refractivity contribution >= 4 is 16.9 Å². The van der Waals surface area contributed by atoms with Gasteiger partial charge in [-0.25, -0.2) is 0 Å². The van der Waals surface area contributed by atoms with Crippen LogP contribution >= 0.6 is 0 Å². The molecule has 2 heteroatoms. The molecule has 4 aromatic carbocycles. The topological polar surface area (TPSA) is 24.1 Å². The van der Waals surface area contributed by atoms with Crippen molar-refractivity contribution in [1.29, 1.82) is 0 Å². The van der Waals surface area contributed by atoms with Crippen LogP contribution in [0, 0.1) is 11.8 Å². The van der Waals surface area contributed by atoms with Crippen LogP contribution in [0.25, 0.3) is 5.57 Å². The second-order valence-corrected chi connectivity index (χ2v) is 12.2. The van der Waals surface area contributed by atoms with Gasteiger partial charge in [-0.2, -0.15) is 0 Å². The summed E-state index contributed by atoms with van der Waals surface area (Å²) in [5, 5.41) is 7.30. The monoisotopic (exact) mass is 560 g/mol. The van der Waals surface area contributed by atoms with Crippen LogP contribution in [0.1, 0.15) is 60.0 Å². The van der Waals surface area contributed by atoms with E-state index < -0.39 is 0 Å². The van der Waals surface area contributed by atoms with Gasteiger partial charge in [0.15, 0.2) is 0 Å². The largest absolute Gasteiger partial charge is 0.377 e. The van der Waals surface area contributed by atoms with Crippen molar-refractivity contribution in [1.82, 2.24) is 0 Å². The number of fused-ring (bicyclic) bond motifs is 4. The van der Waals surface area contributed by atoms with Gasteiger partial charge >= 0.3 is 0 Å². The fraction of sp³-hybridized carbons (Fsp3) is 0.220. The number of rotatable bonds is 5. The highest BCUT2D eigenvalue weighted by atomic mass is 14.9. The highest BCUT2D eigenvalue weighted by Crippen LogP contribution is 2.60. The lowest BCUT2D eigenvalue weighted by molar-refractivity contribution is 0.446. The van der Waals surface area contributed by atoms with Crippen LogP contribution in [0.3, 0.4) is 0 Å². The predicted octanol–water partition coefficient (Wildman–Crippen LogP) is 10.3. The van der Waals surface area contributed by atoms with Crippen molar-refractivity contribution in [3.63, 3.8) is 0 Å². The molecule has 2 aliphatic carbocycles. The molecule has 0 aromatic heterocycles. The van der Waals surface area contributed by atoms with Gasteiger partial charge in [0.2, 0.25) is 0 Å². The third kappa shape index (κ3) is 4.76. The Morgan fingerprint density at radius 3 is 2.53 bits per heavy atom. The van der Waals surface area contributed by atoms with E-state index in [1.54, 1.807) is 6.20 Å². The zero-order chi connectivity index (χ0) is 29.2. The molecule has 0 amide bonds. The summed E-state index contributed by atoms with van der Waals surface area (Å²) in [6.45, 7) is 6.26. The van der Waals surface area contributed by atoms with Crippen molar-refractivity contribution < 1.29 is 0 Å². The van der Waals surface area contributed by atoms with Crippen molar-refractivity contribution in [2.75, 3.05) is 10.6 Å². The van der Waals surface area contributed by atoms with E-state index in [-0.39, 0.29) is 17.4 Å². The second-order valence-electron chi connectivity index (χ2n) is 12.2. The summed E-state index contributed by atoms with van der Waals surface area (Å²) in [7, 11) is 0. The summed E-state index contributed by atoms with van der Waals surface area (Å²) in [4.78, 5) is 0. The summed E-state index contributed by atoms with van der Waals surface area (Å²) in [5.41, 5.74) is 11.9. The Hall–Kier alpha value is -4.56. The van der Waals surface area contributed by atoms with Gasteiger partial charge in [0.1, 0.15) is 0 Å².